The summed E-state index contributed by atoms with van der Waals surface area (Å²) in [6.45, 7) is 7.06. The Kier molecular flexibility index (Phi) is 2.97. The van der Waals surface area contributed by atoms with Crippen LogP contribution in [-0.2, 0) is 0 Å². The summed E-state index contributed by atoms with van der Waals surface area (Å²) in [5, 5.41) is 0. The lowest BCUT2D eigenvalue weighted by atomic mass is 10.1. The Bertz CT molecular complexity index is 41.4. The van der Waals surface area contributed by atoms with Crippen molar-refractivity contribution in [1.29, 1.82) is 0 Å². The van der Waals surface area contributed by atoms with Crippen LogP contribution >= 0.6 is 0 Å². The second-order valence-electron chi connectivity index (χ2n) is 1.85. The van der Waals surface area contributed by atoms with Gasteiger partial charge in [-0.05, 0) is 19.8 Å². The smallest absolute Gasteiger partial charge is 0.100 e. The average Bonchev–Trinajstić information content (AvgIpc) is 1.65. The highest BCUT2D eigenvalue weighted by Gasteiger charge is 2.05. The quantitative estimate of drug-likeness (QED) is 0.502. The Hall–Kier alpha value is -0.0700. The van der Waals surface area contributed by atoms with Gasteiger partial charge < -0.3 is 0 Å². The van der Waals surface area contributed by atoms with Gasteiger partial charge in [-0.3, -0.25) is 0 Å². The van der Waals surface area contributed by atoms with Gasteiger partial charge in [0.05, 0.1) is 0 Å². The second-order valence-corrected chi connectivity index (χ2v) is 1.85. The highest BCUT2D eigenvalue weighted by Crippen LogP contribution is 2.08. The summed E-state index contributed by atoms with van der Waals surface area (Å²) < 4.78 is 12.0. The highest BCUT2D eigenvalue weighted by molar-refractivity contribution is 4.63. The predicted octanol–water partition coefficient (Wildman–Crippen LogP) is 2.20. The van der Waals surface area contributed by atoms with Crippen LogP contribution in [-0.4, -0.2) is 6.17 Å². The van der Waals surface area contributed by atoms with Crippen molar-refractivity contribution in [3.63, 3.8) is 0 Å². The Morgan fingerprint density at radius 3 is 2.14 bits per heavy atom. The van der Waals surface area contributed by atoms with Gasteiger partial charge in [-0.2, -0.15) is 0 Å². The molecule has 0 aromatic heterocycles. The third kappa shape index (κ3) is 2.60. The monoisotopic (exact) mass is 103 g/mol. The number of rotatable bonds is 2. The molecule has 0 aliphatic heterocycles. The first-order valence-corrected chi connectivity index (χ1v) is 2.65. The molecule has 2 unspecified atom stereocenters. The maximum Gasteiger partial charge on any atom is 0.100 e. The Labute approximate surface area is 44.7 Å². The van der Waals surface area contributed by atoms with E-state index < -0.39 is 6.17 Å². The second kappa shape index (κ2) is 3.00. The van der Waals surface area contributed by atoms with Crippen LogP contribution in [0, 0.1) is 12.8 Å². The number of hydrogen-bond donors (Lipinski definition) is 0. The van der Waals surface area contributed by atoms with Gasteiger partial charge in [-0.1, -0.05) is 13.3 Å². The molecule has 0 amide bonds. The van der Waals surface area contributed by atoms with Crippen LogP contribution in [0.5, 0.6) is 0 Å². The fourth-order valence-electron chi connectivity index (χ4n) is 0.325. The Balaban J connectivity index is 3.14. The molecule has 0 aliphatic rings. The molecule has 0 spiro atoms. The highest BCUT2D eigenvalue weighted by atomic mass is 19.1. The van der Waals surface area contributed by atoms with Crippen molar-refractivity contribution >= 4 is 0 Å². The van der Waals surface area contributed by atoms with Crippen molar-refractivity contribution < 1.29 is 4.39 Å². The van der Waals surface area contributed by atoms with Crippen LogP contribution in [0.2, 0.25) is 0 Å². The number of halogens is 1. The Morgan fingerprint density at radius 2 is 2.14 bits per heavy atom. The molecule has 0 N–H and O–H groups in total. The molecule has 0 nitrogen and oxygen atoms in total. The Morgan fingerprint density at radius 1 is 1.71 bits per heavy atom. The van der Waals surface area contributed by atoms with E-state index in [0.29, 0.717) is 0 Å². The average molecular weight is 103 g/mol. The minimum Gasteiger partial charge on any atom is -0.247 e. The van der Waals surface area contributed by atoms with Gasteiger partial charge in [0.1, 0.15) is 6.17 Å². The molecule has 0 aromatic carbocycles. The maximum absolute atomic E-state index is 12.0. The van der Waals surface area contributed by atoms with E-state index in [4.69, 9.17) is 0 Å². The zero-order valence-electron chi connectivity index (χ0n) is 4.95. The van der Waals surface area contributed by atoms with E-state index in [1.165, 1.54) is 0 Å². The lowest BCUT2D eigenvalue weighted by Crippen LogP contribution is -2.05. The molecule has 0 aliphatic carbocycles. The van der Waals surface area contributed by atoms with Crippen molar-refractivity contribution in [2.24, 2.45) is 5.92 Å². The minimum atomic E-state index is -0.745. The first kappa shape index (κ1) is 6.93. The third-order valence-electron chi connectivity index (χ3n) is 1.17. The molecule has 0 fully saturated rings. The number of hydrogen-bond acceptors (Lipinski definition) is 0. The molecule has 43 valence electrons. The van der Waals surface area contributed by atoms with Crippen LogP contribution in [0.4, 0.5) is 4.39 Å². The van der Waals surface area contributed by atoms with Gasteiger partial charge >= 0.3 is 0 Å². The molecular weight excluding hydrogens is 91.1 g/mol. The lowest BCUT2D eigenvalue weighted by molar-refractivity contribution is 0.279. The molecule has 0 rings (SSSR count). The summed E-state index contributed by atoms with van der Waals surface area (Å²) in [5.74, 6) is -0.0139. The van der Waals surface area contributed by atoms with Gasteiger partial charge in [-0.15, -0.1) is 0 Å². The van der Waals surface area contributed by atoms with Crippen molar-refractivity contribution in [1.82, 2.24) is 0 Å². The zero-order valence-corrected chi connectivity index (χ0v) is 4.95. The first-order valence-electron chi connectivity index (χ1n) is 2.65. The summed E-state index contributed by atoms with van der Waals surface area (Å²) in [7, 11) is 0. The van der Waals surface area contributed by atoms with Gasteiger partial charge in [0, 0.05) is 0 Å². The largest absolute Gasteiger partial charge is 0.247 e. The van der Waals surface area contributed by atoms with E-state index in [1.54, 1.807) is 6.92 Å². The zero-order chi connectivity index (χ0) is 5.86. The fourth-order valence-corrected chi connectivity index (χ4v) is 0.325. The summed E-state index contributed by atoms with van der Waals surface area (Å²) in [4.78, 5) is 0. The molecule has 7 heavy (non-hydrogen) atoms. The molecule has 0 saturated carbocycles. The first-order chi connectivity index (χ1) is 3.18. The normalized spacial score (nSPS) is 18.9. The summed E-state index contributed by atoms with van der Waals surface area (Å²) in [6.07, 6.45) is 0.0856. The molecule has 1 heteroatoms. The minimum absolute atomic E-state index is 0.0139. The van der Waals surface area contributed by atoms with Crippen molar-refractivity contribution in [2.45, 2.75) is 26.4 Å². The van der Waals surface area contributed by atoms with Crippen LogP contribution in [0.15, 0.2) is 0 Å². The van der Waals surface area contributed by atoms with Gasteiger partial charge in [0.15, 0.2) is 0 Å². The number of alkyl halides is 1. The van der Waals surface area contributed by atoms with Gasteiger partial charge in [0.2, 0.25) is 0 Å². The van der Waals surface area contributed by atoms with Crippen molar-refractivity contribution in [3.05, 3.63) is 6.92 Å². The van der Waals surface area contributed by atoms with E-state index in [1.807, 2.05) is 6.92 Å². The molecular formula is C6H12F. The molecule has 0 heterocycles. The molecule has 0 aromatic rings. The van der Waals surface area contributed by atoms with Crippen LogP contribution in [0.1, 0.15) is 20.3 Å². The summed E-state index contributed by atoms with van der Waals surface area (Å²) in [6, 6.07) is 0. The molecule has 2 atom stereocenters. The summed E-state index contributed by atoms with van der Waals surface area (Å²) in [5.41, 5.74) is 0. The van der Waals surface area contributed by atoms with E-state index in [0.717, 1.165) is 6.42 Å². The third-order valence-corrected chi connectivity index (χ3v) is 1.17. The van der Waals surface area contributed by atoms with E-state index in [-0.39, 0.29) is 5.92 Å². The van der Waals surface area contributed by atoms with E-state index in [2.05, 4.69) is 6.92 Å². The van der Waals surface area contributed by atoms with Crippen LogP contribution in [0.25, 0.3) is 0 Å². The van der Waals surface area contributed by atoms with Crippen molar-refractivity contribution in [2.75, 3.05) is 0 Å². The maximum atomic E-state index is 12.0. The topological polar surface area (TPSA) is 0 Å². The van der Waals surface area contributed by atoms with Crippen LogP contribution < -0.4 is 0 Å². The molecule has 0 bridgehead atoms. The standard InChI is InChI=1S/C6H12F/c1-4-5(2)6(3)7/h5-6H,2,4H2,1,3H3. The van der Waals surface area contributed by atoms with Gasteiger partial charge in [-0.25, -0.2) is 4.39 Å². The predicted molar refractivity (Wildman–Crippen MR) is 29.7 cm³/mol. The van der Waals surface area contributed by atoms with E-state index in [9.17, 15) is 4.39 Å². The lowest BCUT2D eigenvalue weighted by Gasteiger charge is -2.06. The fraction of sp³-hybridized carbons (Fsp3) is 0.833. The van der Waals surface area contributed by atoms with E-state index >= 15 is 0 Å². The van der Waals surface area contributed by atoms with Gasteiger partial charge in [0.25, 0.3) is 0 Å². The van der Waals surface area contributed by atoms with Crippen LogP contribution in [0.3, 0.4) is 0 Å². The summed E-state index contributed by atoms with van der Waals surface area (Å²) >= 11 is 0. The SMILES string of the molecule is [CH2]C(CC)C(C)F. The molecule has 1 radical (unpaired) electrons. The van der Waals surface area contributed by atoms with Crippen molar-refractivity contribution in [3.8, 4) is 0 Å². The molecule has 0 saturated heterocycles.